The number of alkyl halides is 3. The first kappa shape index (κ1) is 19.9. The van der Waals surface area contributed by atoms with E-state index in [1.165, 1.54) is 0 Å². The molecular weight excluding hydrogens is 355 g/mol. The fraction of sp³-hybridized carbons (Fsp3) is 0.733. The number of ether oxygens (including phenoxy) is 1. The highest BCUT2D eigenvalue weighted by Crippen LogP contribution is 2.29. The van der Waals surface area contributed by atoms with Crippen LogP contribution in [0.5, 0.6) is 0 Å². The number of hydrogen-bond donors (Lipinski definition) is 2. The van der Waals surface area contributed by atoms with Crippen molar-refractivity contribution in [2.24, 2.45) is 4.99 Å². The van der Waals surface area contributed by atoms with E-state index in [0.717, 1.165) is 55.8 Å². The Morgan fingerprint density at radius 2 is 2.16 bits per heavy atom. The highest BCUT2D eigenvalue weighted by Gasteiger charge is 2.33. The molecular formula is C15H24F3N5OS. The Kier molecular flexibility index (Phi) is 7.45. The third-order valence-corrected chi connectivity index (χ3v) is 4.86. The zero-order chi connectivity index (χ0) is 18.3. The molecule has 2 rings (SSSR count). The molecule has 0 spiro atoms. The van der Waals surface area contributed by atoms with E-state index < -0.39 is 11.9 Å². The number of likely N-dealkylation sites (tertiary alicyclic amines) is 1. The number of aliphatic imine (C=N–C) groups is 1. The lowest BCUT2D eigenvalue weighted by molar-refractivity contribution is -0.140. The van der Waals surface area contributed by atoms with Gasteiger partial charge in [0.15, 0.2) is 11.7 Å². The highest BCUT2D eigenvalue weighted by molar-refractivity contribution is 7.09. The van der Waals surface area contributed by atoms with Crippen LogP contribution in [0, 0.1) is 0 Å². The van der Waals surface area contributed by atoms with Crippen molar-refractivity contribution in [3.8, 4) is 0 Å². The van der Waals surface area contributed by atoms with Crippen molar-refractivity contribution in [2.75, 3.05) is 40.4 Å². The van der Waals surface area contributed by atoms with Crippen LogP contribution in [-0.4, -0.2) is 62.3 Å². The van der Waals surface area contributed by atoms with Crippen LogP contribution in [0.15, 0.2) is 10.4 Å². The SMILES string of the molecule is CN=C(NCc1nc(C(F)(F)F)cs1)NC1CCN(CCOC)CC1. The lowest BCUT2D eigenvalue weighted by Crippen LogP contribution is -2.48. The molecule has 1 aromatic heterocycles. The molecule has 0 saturated carbocycles. The number of guanidine groups is 1. The van der Waals surface area contributed by atoms with Crippen molar-refractivity contribution in [2.45, 2.75) is 31.6 Å². The van der Waals surface area contributed by atoms with Crippen LogP contribution in [0.25, 0.3) is 0 Å². The summed E-state index contributed by atoms with van der Waals surface area (Å²) in [5.74, 6) is 0.583. The van der Waals surface area contributed by atoms with E-state index in [9.17, 15) is 13.2 Å². The van der Waals surface area contributed by atoms with Crippen LogP contribution >= 0.6 is 11.3 Å². The summed E-state index contributed by atoms with van der Waals surface area (Å²) in [5.41, 5.74) is -0.847. The zero-order valence-electron chi connectivity index (χ0n) is 14.4. The second kappa shape index (κ2) is 9.35. The molecule has 142 valence electrons. The number of nitrogens with one attached hydrogen (secondary N) is 2. The maximum atomic E-state index is 12.6. The van der Waals surface area contributed by atoms with Gasteiger partial charge in [-0.3, -0.25) is 4.99 Å². The molecule has 25 heavy (non-hydrogen) atoms. The predicted octanol–water partition coefficient (Wildman–Crippen LogP) is 1.94. The van der Waals surface area contributed by atoms with Crippen LogP contribution in [0.4, 0.5) is 13.2 Å². The normalized spacial score (nSPS) is 17.7. The van der Waals surface area contributed by atoms with Crippen LogP contribution in [0.3, 0.4) is 0 Å². The highest BCUT2D eigenvalue weighted by atomic mass is 32.1. The summed E-state index contributed by atoms with van der Waals surface area (Å²) in [6.45, 7) is 3.85. The second-order valence-electron chi connectivity index (χ2n) is 5.80. The van der Waals surface area contributed by atoms with E-state index in [4.69, 9.17) is 4.74 Å². The van der Waals surface area contributed by atoms with Gasteiger partial charge in [0.05, 0.1) is 13.2 Å². The Morgan fingerprint density at radius 1 is 1.44 bits per heavy atom. The number of halogens is 3. The first-order chi connectivity index (χ1) is 11.9. The number of piperidine rings is 1. The Hall–Kier alpha value is -1.39. The standard InChI is InChI=1S/C15H24F3N5OS/c1-19-14(20-9-13-22-12(10-25-13)15(16,17)18)21-11-3-5-23(6-4-11)7-8-24-2/h10-11H,3-9H2,1-2H3,(H2,19,20,21). The monoisotopic (exact) mass is 379 g/mol. The van der Waals surface area contributed by atoms with E-state index in [2.05, 4.69) is 25.5 Å². The molecule has 2 N–H and O–H groups in total. The Labute approximate surface area is 149 Å². The van der Waals surface area contributed by atoms with E-state index >= 15 is 0 Å². The number of aromatic nitrogens is 1. The number of rotatable bonds is 6. The largest absolute Gasteiger partial charge is 0.434 e. The van der Waals surface area contributed by atoms with Crippen LogP contribution in [0.2, 0.25) is 0 Å². The van der Waals surface area contributed by atoms with Gasteiger partial charge in [0.1, 0.15) is 5.01 Å². The second-order valence-corrected chi connectivity index (χ2v) is 6.75. The molecule has 1 saturated heterocycles. The summed E-state index contributed by atoms with van der Waals surface area (Å²) >= 11 is 0.988. The molecule has 6 nitrogen and oxygen atoms in total. The topological polar surface area (TPSA) is 61.8 Å². The molecule has 0 aromatic carbocycles. The summed E-state index contributed by atoms with van der Waals surface area (Å²) < 4.78 is 42.8. The number of hydrogen-bond acceptors (Lipinski definition) is 5. The molecule has 10 heteroatoms. The average Bonchev–Trinajstić information content (AvgIpc) is 3.07. The summed E-state index contributed by atoms with van der Waals surface area (Å²) in [5, 5.41) is 7.76. The molecule has 1 fully saturated rings. The molecule has 1 aliphatic rings. The number of nitrogens with zero attached hydrogens (tertiary/aromatic N) is 3. The van der Waals surface area contributed by atoms with Gasteiger partial charge in [-0.2, -0.15) is 13.2 Å². The third-order valence-electron chi connectivity index (χ3n) is 4.01. The molecule has 0 unspecified atom stereocenters. The first-order valence-electron chi connectivity index (χ1n) is 8.12. The predicted molar refractivity (Wildman–Crippen MR) is 91.8 cm³/mol. The molecule has 0 aliphatic carbocycles. The van der Waals surface area contributed by atoms with E-state index in [0.29, 0.717) is 17.0 Å². The molecule has 1 aromatic rings. The minimum Gasteiger partial charge on any atom is -0.383 e. The minimum atomic E-state index is -4.40. The van der Waals surface area contributed by atoms with Crippen LogP contribution < -0.4 is 10.6 Å². The van der Waals surface area contributed by atoms with Gasteiger partial charge in [-0.15, -0.1) is 11.3 Å². The van der Waals surface area contributed by atoms with Crippen molar-refractivity contribution < 1.29 is 17.9 Å². The Bertz CT molecular complexity index is 556. The van der Waals surface area contributed by atoms with E-state index in [-0.39, 0.29) is 6.54 Å². The van der Waals surface area contributed by atoms with Gasteiger partial charge >= 0.3 is 6.18 Å². The average molecular weight is 379 g/mol. The van der Waals surface area contributed by atoms with Gasteiger partial charge in [-0.05, 0) is 12.8 Å². The van der Waals surface area contributed by atoms with E-state index in [1.807, 2.05) is 0 Å². The maximum Gasteiger partial charge on any atom is 0.434 e. The fourth-order valence-electron chi connectivity index (χ4n) is 2.59. The van der Waals surface area contributed by atoms with Gasteiger partial charge in [0, 0.05) is 45.2 Å². The minimum absolute atomic E-state index is 0.215. The van der Waals surface area contributed by atoms with Gasteiger partial charge < -0.3 is 20.3 Å². The van der Waals surface area contributed by atoms with Gasteiger partial charge in [-0.1, -0.05) is 0 Å². The van der Waals surface area contributed by atoms with Crippen LogP contribution in [-0.2, 0) is 17.5 Å². The summed E-state index contributed by atoms with van der Waals surface area (Å²) in [6.07, 6.45) is -2.43. The summed E-state index contributed by atoms with van der Waals surface area (Å²) in [4.78, 5) is 10.1. The molecule has 0 atom stereocenters. The maximum absolute atomic E-state index is 12.6. The quantitative estimate of drug-likeness (QED) is 0.584. The number of methoxy groups -OCH3 is 1. The van der Waals surface area contributed by atoms with Crippen molar-refractivity contribution in [3.63, 3.8) is 0 Å². The fourth-order valence-corrected chi connectivity index (χ4v) is 3.33. The summed E-state index contributed by atoms with van der Waals surface area (Å²) in [6, 6.07) is 0.298. The molecule has 1 aliphatic heterocycles. The Morgan fingerprint density at radius 3 is 2.72 bits per heavy atom. The lowest BCUT2D eigenvalue weighted by Gasteiger charge is -2.32. The first-order valence-corrected chi connectivity index (χ1v) is 9.00. The van der Waals surface area contributed by atoms with Gasteiger partial charge in [0.25, 0.3) is 0 Å². The van der Waals surface area contributed by atoms with Crippen molar-refractivity contribution in [1.29, 1.82) is 0 Å². The molecule has 0 amide bonds. The van der Waals surface area contributed by atoms with Crippen molar-refractivity contribution in [3.05, 3.63) is 16.1 Å². The lowest BCUT2D eigenvalue weighted by atomic mass is 10.1. The van der Waals surface area contributed by atoms with Gasteiger partial charge in [-0.25, -0.2) is 4.98 Å². The van der Waals surface area contributed by atoms with Crippen LogP contribution in [0.1, 0.15) is 23.5 Å². The zero-order valence-corrected chi connectivity index (χ0v) is 15.2. The van der Waals surface area contributed by atoms with E-state index in [1.54, 1.807) is 14.2 Å². The Balaban J connectivity index is 1.75. The van der Waals surface area contributed by atoms with Gasteiger partial charge in [0.2, 0.25) is 0 Å². The molecule has 0 radical (unpaired) electrons. The van der Waals surface area contributed by atoms with Crippen molar-refractivity contribution >= 4 is 17.3 Å². The van der Waals surface area contributed by atoms with Crippen molar-refractivity contribution in [1.82, 2.24) is 20.5 Å². The molecule has 0 bridgehead atoms. The summed E-state index contributed by atoms with van der Waals surface area (Å²) in [7, 11) is 3.34. The smallest absolute Gasteiger partial charge is 0.383 e. The number of thiazole rings is 1. The third kappa shape index (κ3) is 6.44. The molecule has 2 heterocycles.